The molecule has 0 radical (unpaired) electrons. The Labute approximate surface area is 151 Å². The second-order valence-corrected chi connectivity index (χ2v) is 6.69. The summed E-state index contributed by atoms with van der Waals surface area (Å²) < 4.78 is 9.56. The quantitative estimate of drug-likeness (QED) is 0.481. The number of carbonyl (C=O) groups excluding carboxylic acids is 2. The van der Waals surface area contributed by atoms with E-state index in [9.17, 15) is 9.59 Å². The molecule has 5 heteroatoms. The molecule has 0 N–H and O–H groups in total. The maximum atomic E-state index is 12.2. The fourth-order valence-corrected chi connectivity index (χ4v) is 3.58. The number of hydrogen-bond donors (Lipinski definition) is 0. The molecule has 0 bridgehead atoms. The van der Waals surface area contributed by atoms with E-state index in [1.807, 2.05) is 42.5 Å². The van der Waals surface area contributed by atoms with Crippen LogP contribution in [0.4, 0.5) is 0 Å². The van der Waals surface area contributed by atoms with Crippen molar-refractivity contribution in [3.63, 3.8) is 0 Å². The van der Waals surface area contributed by atoms with Crippen LogP contribution in [0.5, 0.6) is 0 Å². The number of rotatable bonds is 3. The summed E-state index contributed by atoms with van der Waals surface area (Å²) in [5, 5.41) is 2.12. The minimum atomic E-state index is -1.40. The zero-order valence-electron chi connectivity index (χ0n) is 14.0. The van der Waals surface area contributed by atoms with Crippen LogP contribution in [-0.4, -0.2) is 31.0 Å². The van der Waals surface area contributed by atoms with Gasteiger partial charge in [-0.1, -0.05) is 48.2 Å². The van der Waals surface area contributed by atoms with Crippen molar-refractivity contribution >= 4 is 34.3 Å². The molecule has 2 aromatic carbocycles. The predicted molar refractivity (Wildman–Crippen MR) is 95.1 cm³/mol. The van der Waals surface area contributed by atoms with Gasteiger partial charge in [0.15, 0.2) is 4.87 Å². The lowest BCUT2D eigenvalue weighted by molar-refractivity contribution is -0.151. The highest BCUT2D eigenvalue weighted by Crippen LogP contribution is 2.64. The number of carbonyl (C=O) groups is 2. The van der Waals surface area contributed by atoms with Gasteiger partial charge in [0.05, 0.1) is 14.2 Å². The number of methoxy groups -OCH3 is 2. The largest absolute Gasteiger partial charge is 0.469 e. The van der Waals surface area contributed by atoms with Crippen LogP contribution in [0.25, 0.3) is 10.8 Å². The molecule has 0 saturated heterocycles. The Morgan fingerprint density at radius 3 is 2.48 bits per heavy atom. The molecule has 0 aliphatic heterocycles. The van der Waals surface area contributed by atoms with Gasteiger partial charge in [-0.05, 0) is 23.3 Å². The van der Waals surface area contributed by atoms with Gasteiger partial charge in [0, 0.05) is 12.0 Å². The van der Waals surface area contributed by atoms with Crippen molar-refractivity contribution in [3.05, 3.63) is 48.0 Å². The molecular weight excluding hydrogens is 340 g/mol. The first-order chi connectivity index (χ1) is 12.0. The molecule has 1 fully saturated rings. The van der Waals surface area contributed by atoms with Crippen molar-refractivity contribution in [2.45, 2.75) is 17.7 Å². The molecule has 25 heavy (non-hydrogen) atoms. The van der Waals surface area contributed by atoms with Crippen molar-refractivity contribution in [2.24, 2.45) is 5.41 Å². The molecule has 0 spiro atoms. The van der Waals surface area contributed by atoms with E-state index in [0.29, 0.717) is 0 Å². The minimum absolute atomic E-state index is 0.126. The summed E-state index contributed by atoms with van der Waals surface area (Å²) in [6.07, 6.45) is 0.284. The molecule has 1 aliphatic rings. The van der Waals surface area contributed by atoms with E-state index >= 15 is 0 Å². The smallest absolute Gasteiger partial charge is 0.328 e. The van der Waals surface area contributed by atoms with Crippen LogP contribution in [0, 0.1) is 17.3 Å². The molecule has 2 atom stereocenters. The van der Waals surface area contributed by atoms with Crippen LogP contribution in [0.15, 0.2) is 42.5 Å². The van der Waals surface area contributed by atoms with E-state index < -0.39 is 22.2 Å². The summed E-state index contributed by atoms with van der Waals surface area (Å²) in [5.74, 6) is 4.92. The number of benzene rings is 2. The summed E-state index contributed by atoms with van der Waals surface area (Å²) in [6.45, 7) is 0. The van der Waals surface area contributed by atoms with Crippen molar-refractivity contribution in [1.29, 1.82) is 0 Å². The van der Waals surface area contributed by atoms with E-state index in [-0.39, 0.29) is 12.8 Å². The summed E-state index contributed by atoms with van der Waals surface area (Å²) in [6, 6.07) is 13.8. The highest BCUT2D eigenvalue weighted by molar-refractivity contribution is 6.39. The van der Waals surface area contributed by atoms with E-state index in [0.717, 1.165) is 16.3 Å². The van der Waals surface area contributed by atoms with Gasteiger partial charge < -0.3 is 9.47 Å². The second kappa shape index (κ2) is 6.42. The highest BCUT2D eigenvalue weighted by atomic mass is 35.5. The lowest BCUT2D eigenvalue weighted by Gasteiger charge is -2.15. The van der Waals surface area contributed by atoms with Gasteiger partial charge in [0.2, 0.25) is 0 Å². The van der Waals surface area contributed by atoms with Crippen molar-refractivity contribution in [2.75, 3.05) is 14.2 Å². The lowest BCUT2D eigenvalue weighted by Crippen LogP contribution is -2.32. The standard InChI is InChI=1S/C20H17ClO4/c1-24-17(22)19(13-20(19,21)18(23)25-2)12-6-10-15-9-5-8-14-7-3-4-11-16(14)15/h3-5,7-9,11H,12-13H2,1-2H3/t19-,20-/m1/s1. The lowest BCUT2D eigenvalue weighted by atomic mass is 9.98. The molecule has 1 saturated carbocycles. The minimum Gasteiger partial charge on any atom is -0.469 e. The monoisotopic (exact) mass is 356 g/mol. The van der Waals surface area contributed by atoms with Gasteiger partial charge in [-0.3, -0.25) is 9.59 Å². The number of ether oxygens (including phenoxy) is 2. The first kappa shape index (κ1) is 17.3. The van der Waals surface area contributed by atoms with Crippen molar-refractivity contribution in [3.8, 4) is 11.8 Å². The molecule has 0 heterocycles. The fraction of sp³-hybridized carbons (Fsp3) is 0.300. The first-order valence-electron chi connectivity index (χ1n) is 7.81. The molecule has 128 valence electrons. The topological polar surface area (TPSA) is 52.6 Å². The van der Waals surface area contributed by atoms with Crippen molar-refractivity contribution in [1.82, 2.24) is 0 Å². The Morgan fingerprint density at radius 1 is 1.08 bits per heavy atom. The van der Waals surface area contributed by atoms with Gasteiger partial charge in [-0.2, -0.15) is 0 Å². The number of esters is 2. The SMILES string of the molecule is COC(=O)[C@@]1(CC#Cc2cccc3ccccc23)C[C@@]1(Cl)C(=O)OC. The average molecular weight is 357 g/mol. The van der Waals surface area contributed by atoms with Crippen LogP contribution in [0.3, 0.4) is 0 Å². The van der Waals surface area contributed by atoms with Gasteiger partial charge >= 0.3 is 11.9 Å². The van der Waals surface area contributed by atoms with E-state index in [4.69, 9.17) is 21.1 Å². The number of fused-ring (bicyclic) bond motifs is 1. The van der Waals surface area contributed by atoms with E-state index in [2.05, 4.69) is 11.8 Å². The number of halogens is 1. The first-order valence-corrected chi connectivity index (χ1v) is 8.19. The summed E-state index contributed by atoms with van der Waals surface area (Å²) in [5.41, 5.74) is -0.300. The van der Waals surface area contributed by atoms with Gasteiger partial charge in [-0.15, -0.1) is 11.6 Å². The Morgan fingerprint density at radius 2 is 1.76 bits per heavy atom. The zero-order valence-corrected chi connectivity index (χ0v) is 14.7. The second-order valence-electron chi connectivity index (χ2n) is 6.05. The predicted octanol–water partition coefficient (Wildman–Crippen LogP) is 3.30. The highest BCUT2D eigenvalue weighted by Gasteiger charge is 2.77. The molecule has 4 nitrogen and oxygen atoms in total. The molecule has 1 aliphatic carbocycles. The molecular formula is C20H17ClO4. The maximum absolute atomic E-state index is 12.2. The maximum Gasteiger partial charge on any atom is 0.328 e. The van der Waals surface area contributed by atoms with Crippen molar-refractivity contribution < 1.29 is 19.1 Å². The van der Waals surface area contributed by atoms with Crippen LogP contribution in [0.2, 0.25) is 0 Å². The van der Waals surface area contributed by atoms with Gasteiger partial charge in [-0.25, -0.2) is 0 Å². The summed E-state index contributed by atoms with van der Waals surface area (Å²) in [7, 11) is 2.52. The molecule has 3 rings (SSSR count). The number of alkyl halides is 1. The van der Waals surface area contributed by atoms with Gasteiger partial charge in [0.1, 0.15) is 5.41 Å². The number of hydrogen-bond acceptors (Lipinski definition) is 4. The van der Waals surface area contributed by atoms with Crippen LogP contribution in [0.1, 0.15) is 18.4 Å². The van der Waals surface area contributed by atoms with Gasteiger partial charge in [0.25, 0.3) is 0 Å². The Balaban J connectivity index is 1.90. The summed E-state index contributed by atoms with van der Waals surface area (Å²) >= 11 is 6.32. The van der Waals surface area contributed by atoms with Crippen LogP contribution in [-0.2, 0) is 19.1 Å². The third kappa shape index (κ3) is 2.75. The van der Waals surface area contributed by atoms with Crippen LogP contribution >= 0.6 is 11.6 Å². The molecule has 0 aromatic heterocycles. The zero-order chi connectivity index (χ0) is 18.1. The average Bonchev–Trinajstić information content (AvgIpc) is 3.27. The normalized spacial score (nSPS) is 24.1. The summed E-state index contributed by atoms with van der Waals surface area (Å²) in [4.78, 5) is 22.7. The molecule has 2 aromatic rings. The Hall–Kier alpha value is -2.51. The third-order valence-electron chi connectivity index (χ3n) is 4.67. The Bertz CT molecular complexity index is 905. The molecule has 0 amide bonds. The van der Waals surface area contributed by atoms with E-state index in [1.54, 1.807) is 0 Å². The van der Waals surface area contributed by atoms with Crippen LogP contribution < -0.4 is 0 Å². The van der Waals surface area contributed by atoms with E-state index in [1.165, 1.54) is 14.2 Å². The fourth-order valence-electron chi connectivity index (χ4n) is 3.13. The third-order valence-corrected chi connectivity index (χ3v) is 5.32. The Kier molecular flexibility index (Phi) is 4.45. The molecule has 0 unspecified atom stereocenters.